The molecule has 0 aliphatic heterocycles. The molecule has 0 unspecified atom stereocenters. The largest absolute Gasteiger partial charge is 0.344 e. The summed E-state index contributed by atoms with van der Waals surface area (Å²) in [7, 11) is 0. The average molecular weight is 189 g/mol. The van der Waals surface area contributed by atoms with Gasteiger partial charge in [0.1, 0.15) is 0 Å². The molecule has 0 aliphatic carbocycles. The van der Waals surface area contributed by atoms with Gasteiger partial charge in [0.15, 0.2) is 0 Å². The van der Waals surface area contributed by atoms with Crippen LogP contribution < -0.4 is 6.15 Å². The molecule has 3 N–H and O–H groups in total. The van der Waals surface area contributed by atoms with E-state index in [0.717, 1.165) is 0 Å². The zero-order chi connectivity index (χ0) is 0. The molecule has 0 aromatic carbocycles. The van der Waals surface area contributed by atoms with E-state index in [1.54, 1.807) is 0 Å². The molecule has 4 heavy (non-hydrogen) atoms. The summed E-state index contributed by atoms with van der Waals surface area (Å²) in [5.41, 5.74) is 0. The molecule has 0 spiro atoms. The Balaban J connectivity index is 0. The molecule has 1 nitrogen and oxygen atoms in total. The predicted molar refractivity (Wildman–Crippen MR) is 22.3 cm³/mol. The second kappa shape index (κ2) is 22.4. The third-order valence-electron chi connectivity index (χ3n) is 0. The fraction of sp³-hybridized carbons (Fsp3) is 0. The topological polar surface area (TPSA) is 35.0 Å². The van der Waals surface area contributed by atoms with Gasteiger partial charge in [0.25, 0.3) is 0 Å². The van der Waals surface area contributed by atoms with E-state index in [1.807, 2.05) is 0 Å². The molecule has 0 saturated carbocycles. The molecule has 4 heteroatoms. The van der Waals surface area contributed by atoms with Crippen LogP contribution in [0.25, 0.3) is 0 Å². The van der Waals surface area contributed by atoms with Crippen molar-refractivity contribution in [2.45, 2.75) is 0 Å². The molecule has 9 radical (unpaired) electrons. The molecular weight excluding hydrogens is 186 g/mol. The fourth-order valence-electron chi connectivity index (χ4n) is 0. The van der Waals surface area contributed by atoms with Crippen LogP contribution in [0.3, 0.4) is 0 Å². The van der Waals surface area contributed by atoms with E-state index in [0.29, 0.717) is 0 Å². The normalized spacial score (nSPS) is 0. The first kappa shape index (κ1) is 43.9. The van der Waals surface area contributed by atoms with Gasteiger partial charge in [0.05, 0.1) is 0 Å². The van der Waals surface area contributed by atoms with E-state index in [2.05, 4.69) is 0 Å². The molecule has 0 amide bonds. The van der Waals surface area contributed by atoms with Crippen LogP contribution in [0, 0.1) is 0 Å². The zero-order valence-electron chi connectivity index (χ0n) is 2.31. The van der Waals surface area contributed by atoms with Crippen molar-refractivity contribution < 1.29 is 0 Å². The molecule has 0 saturated heterocycles. The van der Waals surface area contributed by atoms with E-state index in [9.17, 15) is 0 Å². The number of hydrogen-bond donors (Lipinski definition) is 1. The Morgan fingerprint density at radius 1 is 1.00 bits per heavy atom. The van der Waals surface area contributed by atoms with Crippen molar-refractivity contribution in [2.24, 2.45) is 0 Å². The molecule has 0 bridgehead atoms. The van der Waals surface area contributed by atoms with Crippen LogP contribution in [0.5, 0.6) is 0 Å². The van der Waals surface area contributed by atoms with Gasteiger partial charge in [0, 0.05) is 55.1 Å². The van der Waals surface area contributed by atoms with E-state index in [4.69, 9.17) is 0 Å². The first-order valence-corrected chi connectivity index (χ1v) is 0. The Morgan fingerprint density at radius 2 is 1.00 bits per heavy atom. The summed E-state index contributed by atoms with van der Waals surface area (Å²) in [6.45, 7) is 0. The number of hydrogen-bond acceptors (Lipinski definition) is 1. The molecule has 0 heterocycles. The van der Waals surface area contributed by atoms with E-state index in [-0.39, 0.29) is 61.3 Å². The van der Waals surface area contributed by atoms with Crippen molar-refractivity contribution in [1.82, 2.24) is 6.15 Å². The third-order valence-corrected chi connectivity index (χ3v) is 0. The molecular formula is H3AlAsGaN. The molecule has 0 aromatic heterocycles. The average Bonchev–Trinajstić information content (AvgIpc) is 0. The van der Waals surface area contributed by atoms with Crippen molar-refractivity contribution in [3.05, 3.63) is 0 Å². The van der Waals surface area contributed by atoms with Gasteiger partial charge < -0.3 is 6.15 Å². The van der Waals surface area contributed by atoms with E-state index >= 15 is 0 Å². The molecule has 0 aliphatic rings. The second-order valence-corrected chi connectivity index (χ2v) is 0. The van der Waals surface area contributed by atoms with Crippen LogP contribution in [-0.2, 0) is 0 Å². The Hall–Kier alpha value is 1.69. The van der Waals surface area contributed by atoms with Crippen LogP contribution in [0.15, 0.2) is 0 Å². The van der Waals surface area contributed by atoms with Gasteiger partial charge in [-0.05, 0) is 0 Å². The minimum Gasteiger partial charge on any atom is -0.344 e. The maximum Gasteiger partial charge on any atom is 0 e. The van der Waals surface area contributed by atoms with Crippen molar-refractivity contribution in [2.75, 3.05) is 0 Å². The Labute approximate surface area is 61.0 Å². The molecule has 0 atom stereocenters. The van der Waals surface area contributed by atoms with E-state index in [1.165, 1.54) is 0 Å². The summed E-state index contributed by atoms with van der Waals surface area (Å²) < 4.78 is 0. The summed E-state index contributed by atoms with van der Waals surface area (Å²) in [5.74, 6) is 0. The first-order chi connectivity index (χ1) is 0. The summed E-state index contributed by atoms with van der Waals surface area (Å²) >= 11 is 0. The summed E-state index contributed by atoms with van der Waals surface area (Å²) in [6.07, 6.45) is 0. The zero-order valence-corrected chi connectivity index (χ0v) is 7.76. The van der Waals surface area contributed by atoms with Gasteiger partial charge in [-0.25, -0.2) is 0 Å². The van der Waals surface area contributed by atoms with Gasteiger partial charge in [-0.15, -0.1) is 0 Å². The fourth-order valence-corrected chi connectivity index (χ4v) is 0. The van der Waals surface area contributed by atoms with Crippen LogP contribution in [-0.4, -0.2) is 55.1 Å². The smallest absolute Gasteiger partial charge is 0 e. The van der Waals surface area contributed by atoms with Crippen LogP contribution >= 0.6 is 0 Å². The minimum absolute atomic E-state index is 0. The minimum atomic E-state index is 0. The first-order valence-electron chi connectivity index (χ1n) is 0. The third kappa shape index (κ3) is 9.35. The Bertz CT molecular complexity index is 8.00. The van der Waals surface area contributed by atoms with Gasteiger partial charge in [-0.3, -0.25) is 0 Å². The molecule has 0 aromatic rings. The summed E-state index contributed by atoms with van der Waals surface area (Å²) in [6, 6.07) is 0. The summed E-state index contributed by atoms with van der Waals surface area (Å²) in [5, 5.41) is 0. The Kier molecular flexibility index (Phi) is 246. The van der Waals surface area contributed by atoms with Crippen molar-refractivity contribution in [1.29, 1.82) is 0 Å². The van der Waals surface area contributed by atoms with Crippen LogP contribution in [0.2, 0.25) is 0 Å². The molecule has 19 valence electrons. The second-order valence-electron chi connectivity index (χ2n) is 0. The van der Waals surface area contributed by atoms with Gasteiger partial charge in [-0.2, -0.15) is 0 Å². The van der Waals surface area contributed by atoms with E-state index < -0.39 is 0 Å². The van der Waals surface area contributed by atoms with Crippen molar-refractivity contribution >= 4 is 55.1 Å². The predicted octanol–water partition coefficient (Wildman–Crippen LogP) is -0.980. The van der Waals surface area contributed by atoms with Crippen LogP contribution in [0.4, 0.5) is 0 Å². The van der Waals surface area contributed by atoms with Gasteiger partial charge in [0.2, 0.25) is 0 Å². The quantitative estimate of drug-likeness (QED) is 0.488. The SMILES string of the molecule is N.[Al].[As].[Ga]. The van der Waals surface area contributed by atoms with Gasteiger partial charge >= 0.3 is 0 Å². The monoisotopic (exact) mass is 188 g/mol. The number of rotatable bonds is 0. The van der Waals surface area contributed by atoms with Crippen LogP contribution in [0.1, 0.15) is 0 Å². The molecule has 0 fully saturated rings. The van der Waals surface area contributed by atoms with Gasteiger partial charge in [-0.1, -0.05) is 0 Å². The maximum absolute atomic E-state index is 0. The maximum atomic E-state index is 0. The Morgan fingerprint density at radius 3 is 1.00 bits per heavy atom. The molecule has 0 rings (SSSR count). The van der Waals surface area contributed by atoms with Crippen molar-refractivity contribution in [3.63, 3.8) is 0 Å². The standard InChI is InChI=1S/Al.As.Ga.H3N/h;;;1H3. The van der Waals surface area contributed by atoms with Crippen molar-refractivity contribution in [3.8, 4) is 0 Å². The summed E-state index contributed by atoms with van der Waals surface area (Å²) in [4.78, 5) is 0.